The maximum atomic E-state index is 11.7. The number of unbranched alkanes of at least 4 members (excludes halogenated alkanes) is 1. The van der Waals surface area contributed by atoms with Crippen molar-refractivity contribution in [2.24, 2.45) is 11.1 Å². The van der Waals surface area contributed by atoms with Gasteiger partial charge in [0.05, 0.1) is 6.04 Å². The molecule has 0 aliphatic heterocycles. The molecule has 1 rings (SSSR count). The second-order valence-electron chi connectivity index (χ2n) is 5.17. The molecule has 0 aromatic carbocycles. The minimum atomic E-state index is -0.311. The van der Waals surface area contributed by atoms with E-state index in [0.29, 0.717) is 5.41 Å². The van der Waals surface area contributed by atoms with Crippen LogP contribution in [0.15, 0.2) is 0 Å². The van der Waals surface area contributed by atoms with E-state index >= 15 is 0 Å². The van der Waals surface area contributed by atoms with E-state index in [1.807, 2.05) is 0 Å². The Morgan fingerprint density at radius 1 is 1.44 bits per heavy atom. The molecule has 94 valence electrons. The molecule has 0 saturated heterocycles. The van der Waals surface area contributed by atoms with Crippen LogP contribution in [0.2, 0.25) is 0 Å². The van der Waals surface area contributed by atoms with Gasteiger partial charge >= 0.3 is 0 Å². The number of hydrogen-bond acceptors (Lipinski definition) is 2. The van der Waals surface area contributed by atoms with Gasteiger partial charge in [-0.05, 0) is 31.1 Å². The average Bonchev–Trinajstić information content (AvgIpc) is 2.24. The van der Waals surface area contributed by atoms with Crippen LogP contribution in [0.5, 0.6) is 0 Å². The lowest BCUT2D eigenvalue weighted by Gasteiger charge is -2.41. The predicted octanol–water partition coefficient (Wildman–Crippen LogP) is 2.20. The first-order chi connectivity index (χ1) is 7.63. The summed E-state index contributed by atoms with van der Waals surface area (Å²) >= 11 is 0. The second-order valence-corrected chi connectivity index (χ2v) is 5.17. The zero-order valence-electron chi connectivity index (χ0n) is 10.7. The second kappa shape index (κ2) is 6.24. The molecule has 1 aliphatic rings. The van der Waals surface area contributed by atoms with Crippen molar-refractivity contribution in [1.82, 2.24) is 5.32 Å². The summed E-state index contributed by atoms with van der Waals surface area (Å²) in [5.74, 6) is 0.0353. The summed E-state index contributed by atoms with van der Waals surface area (Å²) in [6.45, 7) is 5.15. The van der Waals surface area contributed by atoms with E-state index in [9.17, 15) is 4.79 Å². The molecule has 0 heterocycles. The van der Waals surface area contributed by atoms with Gasteiger partial charge in [0.15, 0.2) is 0 Å². The molecule has 3 nitrogen and oxygen atoms in total. The molecule has 0 bridgehead atoms. The van der Waals surface area contributed by atoms with Crippen LogP contribution in [-0.4, -0.2) is 18.5 Å². The Hall–Kier alpha value is -0.570. The number of carbonyl (C=O) groups excluding carboxylic acids is 1. The Kier molecular flexibility index (Phi) is 5.26. The molecule has 0 aromatic heterocycles. The van der Waals surface area contributed by atoms with Gasteiger partial charge < -0.3 is 11.1 Å². The molecular weight excluding hydrogens is 200 g/mol. The Bertz CT molecular complexity index is 218. The number of nitrogens with two attached hydrogens (primary N) is 1. The van der Waals surface area contributed by atoms with E-state index in [-0.39, 0.29) is 11.9 Å². The number of rotatable bonds is 7. The Morgan fingerprint density at radius 3 is 2.56 bits per heavy atom. The predicted molar refractivity (Wildman–Crippen MR) is 67.1 cm³/mol. The fourth-order valence-electron chi connectivity index (χ4n) is 2.29. The van der Waals surface area contributed by atoms with Gasteiger partial charge in [-0.3, -0.25) is 4.79 Å². The smallest absolute Gasteiger partial charge is 0.236 e. The summed E-state index contributed by atoms with van der Waals surface area (Å²) in [6, 6.07) is -0.311. The van der Waals surface area contributed by atoms with Crippen LogP contribution in [0.3, 0.4) is 0 Å². The first kappa shape index (κ1) is 13.5. The van der Waals surface area contributed by atoms with Gasteiger partial charge in [0.2, 0.25) is 5.91 Å². The molecule has 0 unspecified atom stereocenters. The third kappa shape index (κ3) is 3.48. The zero-order valence-corrected chi connectivity index (χ0v) is 10.7. The Morgan fingerprint density at radius 2 is 2.12 bits per heavy atom. The summed E-state index contributed by atoms with van der Waals surface area (Å²) < 4.78 is 0. The van der Waals surface area contributed by atoms with Crippen molar-refractivity contribution >= 4 is 5.91 Å². The van der Waals surface area contributed by atoms with Gasteiger partial charge in [-0.15, -0.1) is 0 Å². The normalized spacial score (nSPS) is 19.9. The largest absolute Gasteiger partial charge is 0.354 e. The van der Waals surface area contributed by atoms with Crippen LogP contribution in [0.25, 0.3) is 0 Å². The molecule has 3 heteroatoms. The van der Waals surface area contributed by atoms with Crippen molar-refractivity contribution < 1.29 is 4.79 Å². The first-order valence-electron chi connectivity index (χ1n) is 6.67. The molecule has 0 radical (unpaired) electrons. The van der Waals surface area contributed by atoms with Crippen LogP contribution >= 0.6 is 0 Å². The molecule has 0 aromatic rings. The topological polar surface area (TPSA) is 55.1 Å². The van der Waals surface area contributed by atoms with Gasteiger partial charge in [-0.1, -0.05) is 33.1 Å². The fraction of sp³-hybridized carbons (Fsp3) is 0.923. The SMILES string of the molecule is CCCC[C@H](N)C(=O)NCC1(CC)CCC1. The van der Waals surface area contributed by atoms with Gasteiger partial charge in [0, 0.05) is 6.54 Å². The van der Waals surface area contributed by atoms with Crippen LogP contribution in [0, 0.1) is 5.41 Å². The molecule has 16 heavy (non-hydrogen) atoms. The average molecular weight is 226 g/mol. The number of hydrogen-bond donors (Lipinski definition) is 2. The van der Waals surface area contributed by atoms with Crippen molar-refractivity contribution in [2.45, 2.75) is 64.8 Å². The van der Waals surface area contributed by atoms with E-state index in [1.165, 1.54) is 19.3 Å². The van der Waals surface area contributed by atoms with Crippen LogP contribution in [-0.2, 0) is 4.79 Å². The zero-order chi connectivity index (χ0) is 12.0. The summed E-state index contributed by atoms with van der Waals surface area (Å²) in [7, 11) is 0. The first-order valence-corrected chi connectivity index (χ1v) is 6.67. The van der Waals surface area contributed by atoms with E-state index in [0.717, 1.165) is 32.2 Å². The van der Waals surface area contributed by atoms with Crippen LogP contribution < -0.4 is 11.1 Å². The van der Waals surface area contributed by atoms with Crippen molar-refractivity contribution in [1.29, 1.82) is 0 Å². The highest BCUT2D eigenvalue weighted by Crippen LogP contribution is 2.42. The summed E-state index contributed by atoms with van der Waals surface area (Å²) in [5.41, 5.74) is 6.21. The van der Waals surface area contributed by atoms with Crippen LogP contribution in [0.1, 0.15) is 58.8 Å². The van der Waals surface area contributed by atoms with Gasteiger partial charge in [0.1, 0.15) is 0 Å². The minimum absolute atomic E-state index is 0.0353. The van der Waals surface area contributed by atoms with Crippen LogP contribution in [0.4, 0.5) is 0 Å². The number of carbonyl (C=O) groups is 1. The standard InChI is InChI=1S/C13H26N2O/c1-3-5-7-11(14)12(16)15-10-13(4-2)8-6-9-13/h11H,3-10,14H2,1-2H3,(H,15,16)/t11-/m0/s1. The quantitative estimate of drug-likeness (QED) is 0.699. The summed E-state index contributed by atoms with van der Waals surface area (Å²) in [4.78, 5) is 11.7. The molecule has 0 spiro atoms. The van der Waals surface area contributed by atoms with Crippen molar-refractivity contribution in [3.63, 3.8) is 0 Å². The third-order valence-electron chi connectivity index (χ3n) is 4.01. The van der Waals surface area contributed by atoms with Gasteiger partial charge in [-0.25, -0.2) is 0 Å². The Labute approximate surface area is 99.2 Å². The lowest BCUT2D eigenvalue weighted by atomic mass is 9.67. The van der Waals surface area contributed by atoms with Gasteiger partial charge in [-0.2, -0.15) is 0 Å². The van der Waals surface area contributed by atoms with Crippen molar-refractivity contribution in [3.8, 4) is 0 Å². The van der Waals surface area contributed by atoms with E-state index in [2.05, 4.69) is 19.2 Å². The minimum Gasteiger partial charge on any atom is -0.354 e. The molecule has 1 amide bonds. The highest BCUT2D eigenvalue weighted by Gasteiger charge is 2.35. The van der Waals surface area contributed by atoms with Crippen molar-refractivity contribution in [3.05, 3.63) is 0 Å². The summed E-state index contributed by atoms with van der Waals surface area (Å²) in [6.07, 6.45) is 7.93. The maximum Gasteiger partial charge on any atom is 0.236 e. The molecule has 1 atom stereocenters. The molecule has 3 N–H and O–H groups in total. The monoisotopic (exact) mass is 226 g/mol. The third-order valence-corrected chi connectivity index (χ3v) is 4.01. The lowest BCUT2D eigenvalue weighted by Crippen LogP contribution is -2.47. The Balaban J connectivity index is 2.23. The van der Waals surface area contributed by atoms with Gasteiger partial charge in [0.25, 0.3) is 0 Å². The van der Waals surface area contributed by atoms with E-state index in [1.54, 1.807) is 0 Å². The molecule has 1 fully saturated rings. The number of amides is 1. The highest BCUT2D eigenvalue weighted by molar-refractivity contribution is 5.81. The van der Waals surface area contributed by atoms with Crippen molar-refractivity contribution in [2.75, 3.05) is 6.54 Å². The maximum absolute atomic E-state index is 11.7. The lowest BCUT2D eigenvalue weighted by molar-refractivity contribution is -0.123. The molecular formula is C13H26N2O. The molecule has 1 saturated carbocycles. The fourth-order valence-corrected chi connectivity index (χ4v) is 2.29. The molecule has 1 aliphatic carbocycles. The van der Waals surface area contributed by atoms with E-state index < -0.39 is 0 Å². The highest BCUT2D eigenvalue weighted by atomic mass is 16.2. The number of nitrogens with one attached hydrogen (secondary N) is 1. The van der Waals surface area contributed by atoms with E-state index in [4.69, 9.17) is 5.73 Å². The summed E-state index contributed by atoms with van der Waals surface area (Å²) in [5, 5.41) is 3.02.